The molecular weight excluding hydrogens is 350 g/mol. The average molecular weight is 372 g/mol. The molecule has 1 aliphatic heterocycles. The van der Waals surface area contributed by atoms with Crippen LogP contribution in [0.2, 0.25) is 5.02 Å². The molecule has 0 aliphatic carbocycles. The van der Waals surface area contributed by atoms with Crippen molar-refractivity contribution in [1.29, 1.82) is 0 Å². The fourth-order valence-electron chi connectivity index (χ4n) is 3.40. The Kier molecular flexibility index (Phi) is 4.85. The summed E-state index contributed by atoms with van der Waals surface area (Å²) in [5.41, 5.74) is 3.51. The lowest BCUT2D eigenvalue weighted by Gasteiger charge is -2.32. The Balaban J connectivity index is 1.61. The molecule has 0 amide bonds. The number of benzene rings is 2. The monoisotopic (exact) mass is 371 g/mol. The first-order valence-corrected chi connectivity index (χ1v) is 9.22. The van der Waals surface area contributed by atoms with E-state index in [1.165, 1.54) is 0 Å². The van der Waals surface area contributed by atoms with Crippen LogP contribution in [0.15, 0.2) is 40.9 Å². The number of nitrogens with zero attached hydrogens (tertiary/aromatic N) is 3. The molecule has 5 nitrogen and oxygen atoms in total. The molecular formula is C20H22ClN3O2. The van der Waals surface area contributed by atoms with Crippen LogP contribution in [0.25, 0.3) is 11.0 Å². The van der Waals surface area contributed by atoms with Crippen molar-refractivity contribution >= 4 is 22.6 Å². The standard InChI is InChI=1S/C20H22ClN3O2/c1-23-8-10-24(11-9-23)13-17-19(25)7-6-16-18(22-26-20(16)17)12-14-2-4-15(21)5-3-14/h2-7,25H,8-13H2,1H3. The van der Waals surface area contributed by atoms with Gasteiger partial charge in [0.15, 0.2) is 5.58 Å². The van der Waals surface area contributed by atoms with Crippen LogP contribution in [0.4, 0.5) is 0 Å². The van der Waals surface area contributed by atoms with E-state index in [-0.39, 0.29) is 5.75 Å². The Morgan fingerprint density at radius 3 is 2.54 bits per heavy atom. The van der Waals surface area contributed by atoms with E-state index >= 15 is 0 Å². The van der Waals surface area contributed by atoms with E-state index in [9.17, 15) is 5.11 Å². The summed E-state index contributed by atoms with van der Waals surface area (Å²) < 4.78 is 5.65. The lowest BCUT2D eigenvalue weighted by Crippen LogP contribution is -2.43. The molecule has 1 aliphatic rings. The van der Waals surface area contributed by atoms with E-state index in [4.69, 9.17) is 16.1 Å². The number of rotatable bonds is 4. The van der Waals surface area contributed by atoms with Crippen molar-refractivity contribution in [3.05, 3.63) is 58.2 Å². The summed E-state index contributed by atoms with van der Waals surface area (Å²) in [6.45, 7) is 4.71. The number of aromatic hydroxyl groups is 1. The highest BCUT2D eigenvalue weighted by Gasteiger charge is 2.20. The third kappa shape index (κ3) is 3.56. The summed E-state index contributed by atoms with van der Waals surface area (Å²) >= 11 is 5.96. The van der Waals surface area contributed by atoms with E-state index in [0.717, 1.165) is 53.4 Å². The second-order valence-electron chi connectivity index (χ2n) is 6.95. The van der Waals surface area contributed by atoms with Crippen LogP contribution in [-0.4, -0.2) is 53.3 Å². The number of likely N-dealkylation sites (N-methyl/N-ethyl adjacent to an activating group) is 1. The molecule has 6 heteroatoms. The van der Waals surface area contributed by atoms with Crippen LogP contribution in [0.3, 0.4) is 0 Å². The molecule has 0 radical (unpaired) electrons. The topological polar surface area (TPSA) is 52.7 Å². The summed E-state index contributed by atoms with van der Waals surface area (Å²) in [6, 6.07) is 11.4. The first-order valence-electron chi connectivity index (χ1n) is 8.84. The Labute approximate surface area is 157 Å². The smallest absolute Gasteiger partial charge is 0.175 e. The SMILES string of the molecule is CN1CCN(Cc2c(O)ccc3c(Cc4ccc(Cl)cc4)noc23)CC1. The number of hydrogen-bond donors (Lipinski definition) is 1. The van der Waals surface area contributed by atoms with Crippen molar-refractivity contribution in [2.24, 2.45) is 0 Å². The number of hydrogen-bond acceptors (Lipinski definition) is 5. The van der Waals surface area contributed by atoms with Gasteiger partial charge in [-0.05, 0) is 36.9 Å². The lowest BCUT2D eigenvalue weighted by molar-refractivity contribution is 0.147. The van der Waals surface area contributed by atoms with Crippen molar-refractivity contribution in [3.63, 3.8) is 0 Å². The average Bonchev–Trinajstić information content (AvgIpc) is 3.04. The second-order valence-corrected chi connectivity index (χ2v) is 7.39. The number of phenolic OH excluding ortho intramolecular Hbond substituents is 1. The molecule has 3 aromatic rings. The van der Waals surface area contributed by atoms with Crippen LogP contribution in [0.1, 0.15) is 16.8 Å². The van der Waals surface area contributed by atoms with E-state index in [0.29, 0.717) is 18.5 Å². The van der Waals surface area contributed by atoms with Crippen molar-refractivity contribution in [1.82, 2.24) is 15.0 Å². The van der Waals surface area contributed by atoms with Gasteiger partial charge in [0.2, 0.25) is 0 Å². The van der Waals surface area contributed by atoms with E-state index in [1.807, 2.05) is 30.3 Å². The summed E-state index contributed by atoms with van der Waals surface area (Å²) in [5, 5.41) is 16.3. The Morgan fingerprint density at radius 1 is 1.08 bits per heavy atom. The third-order valence-electron chi connectivity index (χ3n) is 5.06. The predicted octanol–water partition coefficient (Wildman–Crippen LogP) is 3.53. The minimum Gasteiger partial charge on any atom is -0.507 e. The number of aromatic nitrogens is 1. The van der Waals surface area contributed by atoms with Crippen LogP contribution in [-0.2, 0) is 13.0 Å². The largest absolute Gasteiger partial charge is 0.507 e. The second kappa shape index (κ2) is 7.27. The highest BCUT2D eigenvalue weighted by molar-refractivity contribution is 6.30. The maximum atomic E-state index is 10.4. The van der Waals surface area contributed by atoms with E-state index in [2.05, 4.69) is 22.0 Å². The molecule has 0 atom stereocenters. The molecule has 26 heavy (non-hydrogen) atoms. The minimum absolute atomic E-state index is 0.269. The normalized spacial score (nSPS) is 16.4. The predicted molar refractivity (Wildman–Crippen MR) is 103 cm³/mol. The molecule has 1 fully saturated rings. The summed E-state index contributed by atoms with van der Waals surface area (Å²) in [5.74, 6) is 0.269. The van der Waals surface area contributed by atoms with Crippen LogP contribution in [0.5, 0.6) is 5.75 Å². The van der Waals surface area contributed by atoms with Crippen molar-refractivity contribution < 1.29 is 9.63 Å². The van der Waals surface area contributed by atoms with Crippen LogP contribution in [0, 0.1) is 0 Å². The molecule has 0 bridgehead atoms. The maximum absolute atomic E-state index is 10.4. The zero-order valence-electron chi connectivity index (χ0n) is 14.8. The lowest BCUT2D eigenvalue weighted by atomic mass is 10.0. The summed E-state index contributed by atoms with van der Waals surface area (Å²) in [4.78, 5) is 4.66. The zero-order chi connectivity index (χ0) is 18.1. The first-order chi connectivity index (χ1) is 12.6. The Bertz CT molecular complexity index is 899. The zero-order valence-corrected chi connectivity index (χ0v) is 15.5. The summed E-state index contributed by atoms with van der Waals surface area (Å²) in [7, 11) is 2.13. The molecule has 1 saturated heterocycles. The molecule has 1 aromatic heterocycles. The van der Waals surface area contributed by atoms with Gasteiger partial charge in [0.05, 0.1) is 11.3 Å². The molecule has 4 rings (SSSR count). The fourth-order valence-corrected chi connectivity index (χ4v) is 3.53. The molecule has 136 valence electrons. The van der Waals surface area contributed by atoms with E-state index in [1.54, 1.807) is 6.07 Å². The molecule has 2 heterocycles. The van der Waals surface area contributed by atoms with Gasteiger partial charge in [0, 0.05) is 49.6 Å². The van der Waals surface area contributed by atoms with Gasteiger partial charge >= 0.3 is 0 Å². The molecule has 0 saturated carbocycles. The maximum Gasteiger partial charge on any atom is 0.175 e. The van der Waals surface area contributed by atoms with Gasteiger partial charge in [-0.25, -0.2) is 0 Å². The minimum atomic E-state index is 0.269. The van der Waals surface area contributed by atoms with Crippen molar-refractivity contribution in [2.45, 2.75) is 13.0 Å². The number of phenols is 1. The van der Waals surface area contributed by atoms with Gasteiger partial charge < -0.3 is 14.5 Å². The number of piperazine rings is 1. The van der Waals surface area contributed by atoms with Gasteiger partial charge in [-0.1, -0.05) is 28.9 Å². The fraction of sp³-hybridized carbons (Fsp3) is 0.350. The first kappa shape index (κ1) is 17.3. The van der Waals surface area contributed by atoms with Gasteiger partial charge in [-0.2, -0.15) is 0 Å². The molecule has 1 N–H and O–H groups in total. The van der Waals surface area contributed by atoms with Crippen molar-refractivity contribution in [2.75, 3.05) is 33.2 Å². The molecule has 0 unspecified atom stereocenters. The van der Waals surface area contributed by atoms with Crippen molar-refractivity contribution in [3.8, 4) is 5.75 Å². The number of halogens is 1. The number of fused-ring (bicyclic) bond motifs is 1. The highest BCUT2D eigenvalue weighted by atomic mass is 35.5. The molecule has 2 aromatic carbocycles. The molecule has 0 spiro atoms. The quantitative estimate of drug-likeness (QED) is 0.760. The third-order valence-corrected chi connectivity index (χ3v) is 5.31. The highest BCUT2D eigenvalue weighted by Crippen LogP contribution is 2.31. The van der Waals surface area contributed by atoms with Crippen LogP contribution < -0.4 is 0 Å². The van der Waals surface area contributed by atoms with Crippen LogP contribution >= 0.6 is 11.6 Å². The Morgan fingerprint density at radius 2 is 1.81 bits per heavy atom. The van der Waals surface area contributed by atoms with E-state index < -0.39 is 0 Å². The van der Waals surface area contributed by atoms with Gasteiger partial charge in [0.1, 0.15) is 5.75 Å². The van der Waals surface area contributed by atoms with Gasteiger partial charge in [0.25, 0.3) is 0 Å². The van der Waals surface area contributed by atoms with Gasteiger partial charge in [-0.3, -0.25) is 4.90 Å². The summed E-state index contributed by atoms with van der Waals surface area (Å²) in [6.07, 6.45) is 0.670. The Hall–Kier alpha value is -2.08. The van der Waals surface area contributed by atoms with Gasteiger partial charge in [-0.15, -0.1) is 0 Å².